The number of aryl methyl sites for hydroxylation is 1. The third kappa shape index (κ3) is 14.6. The van der Waals surface area contributed by atoms with E-state index in [1.54, 1.807) is 78.9 Å². The molecule has 10 aromatic rings. The maximum Gasteiger partial charge on any atom is 0.123 e. The zero-order valence-corrected chi connectivity index (χ0v) is 54.8. The molecule has 9 atom stereocenters. The SMILES string of the molecule is CC(c1cc(C(C)c2ccc(O)cc2)c(O)c(C(C)c2ccc(O)c(C(C)c3ccc(O)cc3)c2)c1)c1cc(CCC(CC(c2ccc(O)c(C(C)c3cc(C(C)c4ccc(O)cc4)c(O)c(C(C)c4ccc(O)cc4)c3)c2)C(C)(C)C)c2ccc(O)cc2)ccc1O. The van der Waals surface area contributed by atoms with Crippen molar-refractivity contribution in [3.8, 4) is 57.5 Å². The van der Waals surface area contributed by atoms with Gasteiger partial charge >= 0.3 is 0 Å². The number of aromatic hydroxyl groups is 10. The van der Waals surface area contributed by atoms with E-state index in [1.165, 1.54) is 0 Å². The maximum absolute atomic E-state index is 12.5. The first kappa shape index (κ1) is 66.1. The van der Waals surface area contributed by atoms with E-state index in [2.05, 4.69) is 46.8 Å². The van der Waals surface area contributed by atoms with Gasteiger partial charge in [0.05, 0.1) is 0 Å². The number of rotatable bonds is 21. The quantitative estimate of drug-likeness (QED) is 0.0330. The average molecular weight is 1250 g/mol. The Morgan fingerprint density at radius 1 is 0.269 bits per heavy atom. The van der Waals surface area contributed by atoms with Crippen LogP contribution in [0, 0.1) is 5.41 Å². The zero-order chi connectivity index (χ0) is 66.7. The first-order chi connectivity index (χ1) is 44.2. The number of phenolic OH excluding ortho intramolecular Hbond substituents is 10. The summed E-state index contributed by atoms with van der Waals surface area (Å²) in [5.41, 5.74) is 14.2. The Morgan fingerprint density at radius 2 is 0.527 bits per heavy atom. The van der Waals surface area contributed by atoms with Crippen LogP contribution in [0.4, 0.5) is 0 Å². The van der Waals surface area contributed by atoms with Gasteiger partial charge in [0.15, 0.2) is 0 Å². The lowest BCUT2D eigenvalue weighted by Crippen LogP contribution is -2.22. The molecule has 0 spiro atoms. The fourth-order valence-corrected chi connectivity index (χ4v) is 13.8. The van der Waals surface area contributed by atoms with Crippen molar-refractivity contribution in [2.75, 3.05) is 0 Å². The minimum atomic E-state index is -0.348. The van der Waals surface area contributed by atoms with Crippen LogP contribution in [0.3, 0.4) is 0 Å². The molecule has 0 fully saturated rings. The molecule has 0 bridgehead atoms. The lowest BCUT2D eigenvalue weighted by atomic mass is 9.69. The van der Waals surface area contributed by atoms with Crippen molar-refractivity contribution in [2.45, 2.75) is 142 Å². The molecule has 9 unspecified atom stereocenters. The molecule has 10 aromatic carbocycles. The van der Waals surface area contributed by atoms with Crippen LogP contribution in [-0.4, -0.2) is 51.1 Å². The molecule has 0 amide bonds. The van der Waals surface area contributed by atoms with Gasteiger partial charge in [0, 0.05) is 80.4 Å². The predicted molar refractivity (Wildman–Crippen MR) is 372 cm³/mol. The largest absolute Gasteiger partial charge is 0.508 e. The molecule has 0 aliphatic carbocycles. The van der Waals surface area contributed by atoms with Gasteiger partial charge in [-0.3, -0.25) is 0 Å². The van der Waals surface area contributed by atoms with E-state index in [0.717, 1.165) is 79.6 Å². The summed E-state index contributed by atoms with van der Waals surface area (Å²) in [4.78, 5) is 0. The molecule has 480 valence electrons. The zero-order valence-electron chi connectivity index (χ0n) is 54.8. The van der Waals surface area contributed by atoms with Gasteiger partial charge in [-0.15, -0.1) is 0 Å². The highest BCUT2D eigenvalue weighted by Gasteiger charge is 2.33. The van der Waals surface area contributed by atoms with E-state index >= 15 is 0 Å². The lowest BCUT2D eigenvalue weighted by molar-refractivity contribution is 0.285. The summed E-state index contributed by atoms with van der Waals surface area (Å²) in [5.74, 6) is -0.528. The molecule has 0 heterocycles. The average Bonchev–Trinajstić information content (AvgIpc) is 0.812. The Balaban J connectivity index is 0.973. The van der Waals surface area contributed by atoms with Crippen LogP contribution >= 0.6 is 0 Å². The number of phenols is 10. The van der Waals surface area contributed by atoms with Crippen LogP contribution in [0.1, 0.15) is 230 Å². The van der Waals surface area contributed by atoms with E-state index in [-0.39, 0.29) is 116 Å². The smallest absolute Gasteiger partial charge is 0.123 e. The molecule has 0 aliphatic rings. The second kappa shape index (κ2) is 27.6. The Hall–Kier alpha value is -9.80. The minimum absolute atomic E-state index is 0.00116. The molecule has 93 heavy (non-hydrogen) atoms. The second-order valence-electron chi connectivity index (χ2n) is 27.0. The molecular weight excluding hydrogens is 1160 g/mol. The summed E-state index contributed by atoms with van der Waals surface area (Å²) in [6, 6.07) is 61.0. The third-order valence-electron chi connectivity index (χ3n) is 20.0. The van der Waals surface area contributed by atoms with Gasteiger partial charge in [-0.2, -0.15) is 0 Å². The molecule has 0 saturated carbocycles. The number of hydrogen-bond acceptors (Lipinski definition) is 10. The van der Waals surface area contributed by atoms with Crippen molar-refractivity contribution in [1.29, 1.82) is 0 Å². The Labute approximate surface area is 547 Å². The maximum atomic E-state index is 12.5. The lowest BCUT2D eigenvalue weighted by Gasteiger charge is -2.35. The molecule has 10 N–H and O–H groups in total. The Kier molecular flexibility index (Phi) is 19.6. The van der Waals surface area contributed by atoms with Gasteiger partial charge in [-0.25, -0.2) is 0 Å². The highest BCUT2D eigenvalue weighted by molar-refractivity contribution is 5.58. The Bertz CT molecular complexity index is 4150. The van der Waals surface area contributed by atoms with E-state index < -0.39 is 0 Å². The van der Waals surface area contributed by atoms with Gasteiger partial charge < -0.3 is 51.1 Å². The van der Waals surface area contributed by atoms with Gasteiger partial charge in [-0.1, -0.05) is 191 Å². The predicted octanol–water partition coefficient (Wildman–Crippen LogP) is 19.7. The summed E-state index contributed by atoms with van der Waals surface area (Å²) < 4.78 is 0. The van der Waals surface area contributed by atoms with Crippen molar-refractivity contribution in [3.63, 3.8) is 0 Å². The summed E-state index contributed by atoms with van der Waals surface area (Å²) in [6.45, 7) is 21.1. The van der Waals surface area contributed by atoms with Crippen molar-refractivity contribution in [3.05, 3.63) is 295 Å². The molecular formula is C83H88O10. The minimum Gasteiger partial charge on any atom is -0.508 e. The molecule has 0 radical (unpaired) electrons. The molecule has 0 aliphatic heterocycles. The summed E-state index contributed by atoms with van der Waals surface area (Å²) in [7, 11) is 0. The summed E-state index contributed by atoms with van der Waals surface area (Å²) in [6.07, 6.45) is 2.11. The van der Waals surface area contributed by atoms with Crippen LogP contribution in [-0.2, 0) is 6.42 Å². The van der Waals surface area contributed by atoms with Gasteiger partial charge in [-0.05, 0) is 171 Å². The molecule has 10 heteroatoms. The van der Waals surface area contributed by atoms with Crippen LogP contribution < -0.4 is 0 Å². The van der Waals surface area contributed by atoms with E-state index in [0.29, 0.717) is 34.2 Å². The first-order valence-electron chi connectivity index (χ1n) is 32.4. The third-order valence-corrected chi connectivity index (χ3v) is 20.0. The van der Waals surface area contributed by atoms with Crippen molar-refractivity contribution in [1.82, 2.24) is 0 Å². The summed E-state index contributed by atoms with van der Waals surface area (Å²) in [5, 5.41) is 111. The van der Waals surface area contributed by atoms with E-state index in [4.69, 9.17) is 0 Å². The number of benzene rings is 10. The highest BCUT2D eigenvalue weighted by atomic mass is 16.3. The topological polar surface area (TPSA) is 202 Å². The molecule has 10 nitrogen and oxygen atoms in total. The van der Waals surface area contributed by atoms with Crippen molar-refractivity contribution < 1.29 is 51.1 Å². The van der Waals surface area contributed by atoms with Crippen LogP contribution in [0.5, 0.6) is 57.5 Å². The van der Waals surface area contributed by atoms with Crippen LogP contribution in [0.25, 0.3) is 0 Å². The van der Waals surface area contributed by atoms with Gasteiger partial charge in [0.1, 0.15) is 57.5 Å². The first-order valence-corrected chi connectivity index (χ1v) is 32.4. The fraction of sp³-hybridized carbons (Fsp3) is 0.277. The van der Waals surface area contributed by atoms with Crippen LogP contribution in [0.2, 0.25) is 0 Å². The van der Waals surface area contributed by atoms with Crippen LogP contribution in [0.15, 0.2) is 200 Å². The number of hydrogen-bond donors (Lipinski definition) is 10. The summed E-state index contributed by atoms with van der Waals surface area (Å²) >= 11 is 0. The molecule has 0 aromatic heterocycles. The normalized spacial score (nSPS) is 14.7. The van der Waals surface area contributed by atoms with Crippen molar-refractivity contribution >= 4 is 0 Å². The highest BCUT2D eigenvalue weighted by Crippen LogP contribution is 2.49. The Morgan fingerprint density at radius 3 is 0.882 bits per heavy atom. The van der Waals surface area contributed by atoms with E-state index in [9.17, 15) is 51.1 Å². The second-order valence-corrected chi connectivity index (χ2v) is 27.0. The molecule has 10 rings (SSSR count). The monoisotopic (exact) mass is 1240 g/mol. The van der Waals surface area contributed by atoms with Crippen molar-refractivity contribution in [2.24, 2.45) is 5.41 Å². The molecule has 0 saturated heterocycles. The van der Waals surface area contributed by atoms with Gasteiger partial charge in [0.25, 0.3) is 0 Å². The standard InChI is InChI=1S/C83H88O10/c1-47(55-14-26-65(84)27-15-55)71-40-60(24-37-79(71)90)51(5)76-45-63(42-75(82(76)93)50(4)58-20-32-68(87)33-21-58)52(6)70-39-54(12-36-78(70)89)11-13-61(59-22-34-69(88)35-23-59)46-77(83(8,9)10)62-25-38-80(91)72(41-62)53(7)64-43-73(48(2)56-16-28-66(85)29-17-56)81(92)74(44-64)49(3)57-18-30-67(86)31-19-57/h12,14-45,47-53,61,77,84-93H,11,13,46H2,1-10H3. The van der Waals surface area contributed by atoms with E-state index in [1.807, 2.05) is 144 Å². The van der Waals surface area contributed by atoms with Gasteiger partial charge in [0.2, 0.25) is 0 Å². The fourth-order valence-electron chi connectivity index (χ4n) is 13.8.